The minimum Gasteiger partial charge on any atom is -0.460 e. The molecule has 18 heavy (non-hydrogen) atoms. The Balaban J connectivity index is 1.93. The van der Waals surface area contributed by atoms with Gasteiger partial charge in [-0.3, -0.25) is 4.68 Å². The summed E-state index contributed by atoms with van der Waals surface area (Å²) in [6.45, 7) is 2.71. The highest BCUT2D eigenvalue weighted by atomic mass is 16.5. The van der Waals surface area contributed by atoms with E-state index in [1.807, 2.05) is 25.3 Å². The van der Waals surface area contributed by atoms with Crippen LogP contribution in [0.2, 0.25) is 0 Å². The monoisotopic (exact) mass is 245 g/mol. The Hall–Kier alpha value is -2.30. The molecule has 2 N–H and O–H groups in total. The second-order valence-electron chi connectivity index (χ2n) is 4.00. The van der Waals surface area contributed by atoms with E-state index in [4.69, 9.17) is 10.5 Å². The molecule has 0 bridgehead atoms. The Bertz CT molecular complexity index is 535. The fraction of sp³-hybridized carbons (Fsp3) is 0.231. The molecule has 1 heterocycles. The molecule has 94 valence electrons. The molecule has 5 heteroatoms. The molecule has 1 aromatic carbocycles. The molecule has 0 radical (unpaired) electrons. The molecule has 0 aliphatic heterocycles. The van der Waals surface area contributed by atoms with Gasteiger partial charge in [-0.2, -0.15) is 5.10 Å². The molecule has 0 amide bonds. The van der Waals surface area contributed by atoms with Crippen LogP contribution in [0, 0.1) is 6.92 Å². The summed E-state index contributed by atoms with van der Waals surface area (Å²) in [5, 5.41) is 4.02. The van der Waals surface area contributed by atoms with Crippen molar-refractivity contribution < 1.29 is 9.53 Å². The fourth-order valence-electron chi connectivity index (χ4n) is 1.59. The maximum atomic E-state index is 11.8. The average Bonchev–Trinajstić information content (AvgIpc) is 2.85. The number of hydrogen-bond acceptors (Lipinski definition) is 4. The van der Waals surface area contributed by atoms with Gasteiger partial charge in [0.1, 0.15) is 6.61 Å². The van der Waals surface area contributed by atoms with Crippen LogP contribution in [0.3, 0.4) is 0 Å². The van der Waals surface area contributed by atoms with Gasteiger partial charge in [-0.05, 0) is 25.1 Å². The molecule has 1 aromatic heterocycles. The third kappa shape index (κ3) is 2.88. The van der Waals surface area contributed by atoms with E-state index in [2.05, 4.69) is 5.10 Å². The highest BCUT2D eigenvalue weighted by Gasteiger charge is 2.11. The van der Waals surface area contributed by atoms with Crippen molar-refractivity contribution >= 4 is 11.7 Å². The molecule has 0 unspecified atom stereocenters. The van der Waals surface area contributed by atoms with E-state index in [-0.39, 0.29) is 6.61 Å². The first kappa shape index (κ1) is 12.2. The Labute approximate surface area is 105 Å². The van der Waals surface area contributed by atoms with Gasteiger partial charge in [0, 0.05) is 18.1 Å². The summed E-state index contributed by atoms with van der Waals surface area (Å²) >= 11 is 0. The summed E-state index contributed by atoms with van der Waals surface area (Å²) in [7, 11) is 0. The predicted octanol–water partition coefficient (Wildman–Crippen LogP) is 1.63. The van der Waals surface area contributed by atoms with Crippen LogP contribution in [0.4, 0.5) is 5.69 Å². The smallest absolute Gasteiger partial charge is 0.340 e. The lowest BCUT2D eigenvalue weighted by Gasteiger charge is -2.07. The maximum Gasteiger partial charge on any atom is 0.340 e. The molecule has 2 rings (SSSR count). The van der Waals surface area contributed by atoms with Gasteiger partial charge in [0.05, 0.1) is 12.1 Å². The van der Waals surface area contributed by atoms with Crippen LogP contribution >= 0.6 is 0 Å². The molecular formula is C13H15N3O2. The molecule has 0 saturated heterocycles. The molecule has 0 aliphatic rings. The standard InChI is InChI=1S/C13H15N3O2/c1-10-3-4-12(14)11(9-10)13(17)18-8-7-16-6-2-5-15-16/h2-6,9H,7-8,14H2,1H3. The minimum absolute atomic E-state index is 0.272. The third-order valence-electron chi connectivity index (χ3n) is 2.54. The van der Waals surface area contributed by atoms with E-state index < -0.39 is 5.97 Å². The first-order valence-electron chi connectivity index (χ1n) is 5.67. The predicted molar refractivity (Wildman–Crippen MR) is 68.1 cm³/mol. The molecule has 0 atom stereocenters. The third-order valence-corrected chi connectivity index (χ3v) is 2.54. The molecule has 2 aromatic rings. The zero-order valence-electron chi connectivity index (χ0n) is 10.2. The van der Waals surface area contributed by atoms with Gasteiger partial charge in [0.2, 0.25) is 0 Å². The quantitative estimate of drug-likeness (QED) is 0.656. The number of esters is 1. The number of nitrogen functional groups attached to an aromatic ring is 1. The summed E-state index contributed by atoms with van der Waals surface area (Å²) in [5.41, 5.74) is 7.56. The summed E-state index contributed by atoms with van der Waals surface area (Å²) in [6.07, 6.45) is 3.50. The van der Waals surface area contributed by atoms with Crippen molar-refractivity contribution in [2.45, 2.75) is 13.5 Å². The molecule has 0 spiro atoms. The zero-order chi connectivity index (χ0) is 13.0. The van der Waals surface area contributed by atoms with E-state index >= 15 is 0 Å². The van der Waals surface area contributed by atoms with Crippen LogP contribution in [-0.2, 0) is 11.3 Å². The number of carbonyl (C=O) groups is 1. The van der Waals surface area contributed by atoms with Crippen molar-refractivity contribution in [1.82, 2.24) is 9.78 Å². The molecule has 0 saturated carbocycles. The van der Waals surface area contributed by atoms with Crippen LogP contribution in [0.15, 0.2) is 36.7 Å². The Morgan fingerprint density at radius 2 is 2.33 bits per heavy atom. The SMILES string of the molecule is Cc1ccc(N)c(C(=O)OCCn2cccn2)c1. The highest BCUT2D eigenvalue weighted by molar-refractivity contribution is 5.95. The van der Waals surface area contributed by atoms with Crippen LogP contribution < -0.4 is 5.73 Å². The average molecular weight is 245 g/mol. The lowest BCUT2D eigenvalue weighted by Crippen LogP contribution is -2.13. The van der Waals surface area contributed by atoms with Crippen molar-refractivity contribution in [3.63, 3.8) is 0 Å². The molecule has 5 nitrogen and oxygen atoms in total. The number of hydrogen-bond donors (Lipinski definition) is 1. The van der Waals surface area contributed by atoms with Crippen LogP contribution in [0.1, 0.15) is 15.9 Å². The van der Waals surface area contributed by atoms with E-state index in [0.717, 1.165) is 5.56 Å². The number of aromatic nitrogens is 2. The lowest BCUT2D eigenvalue weighted by molar-refractivity contribution is 0.0489. The largest absolute Gasteiger partial charge is 0.460 e. The minimum atomic E-state index is -0.400. The van der Waals surface area contributed by atoms with Crippen molar-refractivity contribution in [2.24, 2.45) is 0 Å². The number of ether oxygens (including phenoxy) is 1. The van der Waals surface area contributed by atoms with Crippen molar-refractivity contribution in [3.05, 3.63) is 47.8 Å². The van der Waals surface area contributed by atoms with Gasteiger partial charge in [0.15, 0.2) is 0 Å². The first-order chi connectivity index (χ1) is 8.66. The van der Waals surface area contributed by atoms with E-state index in [0.29, 0.717) is 17.8 Å². The fourth-order valence-corrected chi connectivity index (χ4v) is 1.59. The normalized spacial score (nSPS) is 10.3. The number of nitrogens with zero attached hydrogens (tertiary/aromatic N) is 2. The molecular weight excluding hydrogens is 230 g/mol. The van der Waals surface area contributed by atoms with Gasteiger partial charge in [-0.15, -0.1) is 0 Å². The summed E-state index contributed by atoms with van der Waals surface area (Å²) < 4.78 is 6.86. The van der Waals surface area contributed by atoms with Crippen molar-refractivity contribution in [2.75, 3.05) is 12.3 Å². The van der Waals surface area contributed by atoms with Crippen LogP contribution in [0.25, 0.3) is 0 Å². The van der Waals surface area contributed by atoms with Crippen LogP contribution in [0.5, 0.6) is 0 Å². The first-order valence-corrected chi connectivity index (χ1v) is 5.67. The number of carbonyl (C=O) groups excluding carboxylic acids is 1. The number of aryl methyl sites for hydroxylation is 1. The van der Waals surface area contributed by atoms with Gasteiger partial charge in [-0.25, -0.2) is 4.79 Å². The number of rotatable bonds is 4. The topological polar surface area (TPSA) is 70.1 Å². The van der Waals surface area contributed by atoms with E-state index in [1.54, 1.807) is 23.0 Å². The number of anilines is 1. The Kier molecular flexibility index (Phi) is 3.62. The Morgan fingerprint density at radius 3 is 3.06 bits per heavy atom. The highest BCUT2D eigenvalue weighted by Crippen LogP contribution is 2.14. The number of nitrogens with two attached hydrogens (primary N) is 1. The number of benzene rings is 1. The van der Waals surface area contributed by atoms with Crippen LogP contribution in [-0.4, -0.2) is 22.4 Å². The van der Waals surface area contributed by atoms with Crippen molar-refractivity contribution in [3.8, 4) is 0 Å². The zero-order valence-corrected chi connectivity index (χ0v) is 10.2. The van der Waals surface area contributed by atoms with Gasteiger partial charge < -0.3 is 10.5 Å². The molecule has 0 fully saturated rings. The van der Waals surface area contributed by atoms with Gasteiger partial charge in [-0.1, -0.05) is 11.6 Å². The van der Waals surface area contributed by atoms with E-state index in [1.165, 1.54) is 0 Å². The lowest BCUT2D eigenvalue weighted by atomic mass is 10.1. The molecule has 0 aliphatic carbocycles. The Morgan fingerprint density at radius 1 is 1.50 bits per heavy atom. The van der Waals surface area contributed by atoms with Crippen molar-refractivity contribution in [1.29, 1.82) is 0 Å². The second-order valence-corrected chi connectivity index (χ2v) is 4.00. The van der Waals surface area contributed by atoms with E-state index in [9.17, 15) is 4.79 Å². The van der Waals surface area contributed by atoms with Gasteiger partial charge in [0.25, 0.3) is 0 Å². The second kappa shape index (κ2) is 5.35. The summed E-state index contributed by atoms with van der Waals surface area (Å²) in [6, 6.07) is 7.11. The van der Waals surface area contributed by atoms with Gasteiger partial charge >= 0.3 is 5.97 Å². The summed E-state index contributed by atoms with van der Waals surface area (Å²) in [4.78, 5) is 11.8. The maximum absolute atomic E-state index is 11.8. The summed E-state index contributed by atoms with van der Waals surface area (Å²) in [5.74, 6) is -0.400.